The molecule has 0 saturated carbocycles. The highest BCUT2D eigenvalue weighted by molar-refractivity contribution is 6.30. The number of pyridine rings is 1. The predicted octanol–water partition coefficient (Wildman–Crippen LogP) is 1.89. The first-order valence-corrected chi connectivity index (χ1v) is 11.4. The fraction of sp³-hybridized carbons (Fsp3) is 0.391. The molecule has 2 aliphatic rings. The molecule has 0 unspecified atom stereocenters. The third-order valence-electron chi connectivity index (χ3n) is 5.96. The molecule has 4 N–H and O–H groups in total. The molecule has 2 aliphatic heterocycles. The molecule has 174 valence electrons. The number of nitrogens with one attached hydrogen (secondary N) is 4. The minimum absolute atomic E-state index is 0.0353. The molecule has 4 rings (SSSR count). The summed E-state index contributed by atoms with van der Waals surface area (Å²) >= 11 is 5.96. The van der Waals surface area contributed by atoms with Gasteiger partial charge in [0.25, 0.3) is 0 Å². The average Bonchev–Trinajstić information content (AvgIpc) is 3.22. The summed E-state index contributed by atoms with van der Waals surface area (Å²) in [5.74, 6) is -0.0751. The number of piperazine rings is 1. The summed E-state index contributed by atoms with van der Waals surface area (Å²) in [5, 5.41) is 12.1. The molecule has 1 aromatic carbocycles. The number of carbonyl (C=O) groups is 3. The highest BCUT2D eigenvalue weighted by Crippen LogP contribution is 2.26. The molecule has 3 heterocycles. The summed E-state index contributed by atoms with van der Waals surface area (Å²) in [5.41, 5.74) is 1.55. The number of carbonyl (C=O) groups excluding carboxylic acids is 3. The standard InChI is InChI=1S/C23H27ClN6O3/c24-16-4-1-5-17(9-16)28-23(33)29-18-10-20-22(32)27-13-19(30(20)14-18)6-7-21(31)26-12-15-3-2-8-25-11-15/h1-5,8-9,11,18-20H,6-7,10,12-14H2,(H,26,31)(H,27,32)(H2,28,29,33)/t18-,19-,20+/m1/s1. The van der Waals surface area contributed by atoms with Crippen molar-refractivity contribution < 1.29 is 14.4 Å². The molecule has 9 nitrogen and oxygen atoms in total. The molecule has 3 atom stereocenters. The molecular weight excluding hydrogens is 444 g/mol. The van der Waals surface area contributed by atoms with Gasteiger partial charge in [-0.15, -0.1) is 0 Å². The van der Waals surface area contributed by atoms with Crippen LogP contribution in [-0.4, -0.2) is 58.9 Å². The van der Waals surface area contributed by atoms with Crippen LogP contribution in [0.1, 0.15) is 24.8 Å². The number of nitrogens with zero attached hydrogens (tertiary/aromatic N) is 2. The van der Waals surface area contributed by atoms with E-state index in [9.17, 15) is 14.4 Å². The van der Waals surface area contributed by atoms with Crippen molar-refractivity contribution in [3.05, 3.63) is 59.4 Å². The topological polar surface area (TPSA) is 115 Å². The summed E-state index contributed by atoms with van der Waals surface area (Å²) in [4.78, 5) is 43.3. The summed E-state index contributed by atoms with van der Waals surface area (Å²) in [7, 11) is 0. The molecule has 33 heavy (non-hydrogen) atoms. The third-order valence-corrected chi connectivity index (χ3v) is 6.19. The zero-order chi connectivity index (χ0) is 23.2. The Hall–Kier alpha value is -3.17. The van der Waals surface area contributed by atoms with E-state index in [1.807, 2.05) is 12.1 Å². The van der Waals surface area contributed by atoms with Crippen LogP contribution in [0, 0.1) is 0 Å². The number of hydrogen-bond donors (Lipinski definition) is 4. The maximum Gasteiger partial charge on any atom is 0.319 e. The Labute approximate surface area is 197 Å². The smallest absolute Gasteiger partial charge is 0.319 e. The number of anilines is 1. The second kappa shape index (κ2) is 10.6. The van der Waals surface area contributed by atoms with Crippen molar-refractivity contribution >= 4 is 35.1 Å². The van der Waals surface area contributed by atoms with Crippen molar-refractivity contribution in [3.8, 4) is 0 Å². The van der Waals surface area contributed by atoms with Gasteiger partial charge < -0.3 is 21.3 Å². The fourth-order valence-corrected chi connectivity index (χ4v) is 4.55. The zero-order valence-electron chi connectivity index (χ0n) is 18.1. The number of aromatic nitrogens is 1. The van der Waals surface area contributed by atoms with Crippen LogP contribution >= 0.6 is 11.6 Å². The van der Waals surface area contributed by atoms with E-state index in [2.05, 4.69) is 31.2 Å². The molecule has 0 aliphatic carbocycles. The van der Waals surface area contributed by atoms with Crippen LogP contribution in [0.3, 0.4) is 0 Å². The van der Waals surface area contributed by atoms with E-state index in [4.69, 9.17) is 11.6 Å². The normalized spacial score (nSPS) is 22.2. The maximum atomic E-state index is 12.4. The summed E-state index contributed by atoms with van der Waals surface area (Å²) in [6, 6.07) is 9.89. The van der Waals surface area contributed by atoms with E-state index in [-0.39, 0.29) is 36.0 Å². The van der Waals surface area contributed by atoms with Crippen molar-refractivity contribution in [3.63, 3.8) is 0 Å². The van der Waals surface area contributed by atoms with Gasteiger partial charge in [0.2, 0.25) is 11.8 Å². The first-order valence-electron chi connectivity index (χ1n) is 11.0. The molecule has 10 heteroatoms. The lowest BCUT2D eigenvalue weighted by Gasteiger charge is -2.37. The maximum absolute atomic E-state index is 12.4. The van der Waals surface area contributed by atoms with Gasteiger partial charge in [-0.1, -0.05) is 23.7 Å². The Morgan fingerprint density at radius 3 is 2.91 bits per heavy atom. The highest BCUT2D eigenvalue weighted by atomic mass is 35.5. The van der Waals surface area contributed by atoms with Crippen molar-refractivity contribution in [2.75, 3.05) is 18.4 Å². The molecule has 1 aromatic heterocycles. The summed E-state index contributed by atoms with van der Waals surface area (Å²) in [6.45, 7) is 1.49. The first-order chi connectivity index (χ1) is 16.0. The van der Waals surface area contributed by atoms with E-state index >= 15 is 0 Å². The zero-order valence-corrected chi connectivity index (χ0v) is 18.8. The van der Waals surface area contributed by atoms with Crippen LogP contribution in [0.5, 0.6) is 0 Å². The number of amides is 4. The van der Waals surface area contributed by atoms with E-state index < -0.39 is 0 Å². The van der Waals surface area contributed by atoms with Gasteiger partial charge in [0, 0.05) is 61.2 Å². The molecule has 0 spiro atoms. The van der Waals surface area contributed by atoms with E-state index in [0.29, 0.717) is 49.6 Å². The quantitative estimate of drug-likeness (QED) is 0.493. The van der Waals surface area contributed by atoms with Crippen LogP contribution < -0.4 is 21.3 Å². The molecular formula is C23H27ClN6O3. The molecule has 2 aromatic rings. The van der Waals surface area contributed by atoms with Crippen LogP contribution in [-0.2, 0) is 16.1 Å². The minimum Gasteiger partial charge on any atom is -0.353 e. The number of benzene rings is 1. The van der Waals surface area contributed by atoms with Crippen LogP contribution in [0.15, 0.2) is 48.8 Å². The Kier molecular flexibility index (Phi) is 7.41. The lowest BCUT2D eigenvalue weighted by molar-refractivity contribution is -0.129. The SMILES string of the molecule is O=C(CC[C@@H]1CNC(=O)[C@@H]2C[C@@H](NC(=O)Nc3cccc(Cl)c3)CN12)NCc1cccnc1. The van der Waals surface area contributed by atoms with Crippen molar-refractivity contribution in [1.29, 1.82) is 0 Å². The molecule has 0 bridgehead atoms. The van der Waals surface area contributed by atoms with E-state index in [1.165, 1.54) is 0 Å². The fourth-order valence-electron chi connectivity index (χ4n) is 4.36. The van der Waals surface area contributed by atoms with Crippen molar-refractivity contribution in [2.24, 2.45) is 0 Å². The first kappa shape index (κ1) is 23.0. The summed E-state index contributed by atoms with van der Waals surface area (Å²) in [6.07, 6.45) is 4.92. The second-order valence-electron chi connectivity index (χ2n) is 8.33. The summed E-state index contributed by atoms with van der Waals surface area (Å²) < 4.78 is 0. The molecule has 0 radical (unpaired) electrons. The second-order valence-corrected chi connectivity index (χ2v) is 8.77. The Morgan fingerprint density at radius 2 is 2.12 bits per heavy atom. The van der Waals surface area contributed by atoms with Gasteiger partial charge in [-0.3, -0.25) is 19.5 Å². The van der Waals surface area contributed by atoms with Crippen molar-refractivity contribution in [1.82, 2.24) is 25.8 Å². The largest absolute Gasteiger partial charge is 0.353 e. The number of rotatable bonds is 7. The highest BCUT2D eigenvalue weighted by Gasteiger charge is 2.43. The van der Waals surface area contributed by atoms with E-state index in [0.717, 1.165) is 5.56 Å². The van der Waals surface area contributed by atoms with Gasteiger partial charge in [-0.2, -0.15) is 0 Å². The van der Waals surface area contributed by atoms with E-state index in [1.54, 1.807) is 36.7 Å². The van der Waals surface area contributed by atoms with Gasteiger partial charge in [-0.05, 0) is 42.7 Å². The minimum atomic E-state index is -0.339. The van der Waals surface area contributed by atoms with Crippen molar-refractivity contribution in [2.45, 2.75) is 43.9 Å². The number of urea groups is 1. The molecule has 2 fully saturated rings. The lowest BCUT2D eigenvalue weighted by Crippen LogP contribution is -2.58. The third kappa shape index (κ3) is 6.21. The number of fused-ring (bicyclic) bond motifs is 1. The average molecular weight is 471 g/mol. The monoisotopic (exact) mass is 470 g/mol. The Bertz CT molecular complexity index is 1000. The van der Waals surface area contributed by atoms with Gasteiger partial charge in [0.1, 0.15) is 0 Å². The predicted molar refractivity (Wildman–Crippen MR) is 125 cm³/mol. The van der Waals surface area contributed by atoms with Gasteiger partial charge in [-0.25, -0.2) is 4.79 Å². The van der Waals surface area contributed by atoms with Gasteiger partial charge in [0.15, 0.2) is 0 Å². The number of halogens is 1. The number of hydrogen-bond acceptors (Lipinski definition) is 5. The van der Waals surface area contributed by atoms with Crippen LogP contribution in [0.2, 0.25) is 5.02 Å². The Balaban J connectivity index is 1.26. The van der Waals surface area contributed by atoms with Crippen LogP contribution in [0.25, 0.3) is 0 Å². The van der Waals surface area contributed by atoms with Gasteiger partial charge in [0.05, 0.1) is 6.04 Å². The lowest BCUT2D eigenvalue weighted by atomic mass is 10.0. The molecule has 4 amide bonds. The molecule has 2 saturated heterocycles. The Morgan fingerprint density at radius 1 is 1.24 bits per heavy atom. The van der Waals surface area contributed by atoms with Crippen LogP contribution in [0.4, 0.5) is 10.5 Å². The van der Waals surface area contributed by atoms with Gasteiger partial charge >= 0.3 is 6.03 Å².